The Balaban J connectivity index is 7.14. The average Bonchev–Trinajstić information content (AvgIpc) is 2.91. The summed E-state index contributed by atoms with van der Waals surface area (Å²) in [6.45, 7) is 30.4. The Morgan fingerprint density at radius 2 is 0.512 bits per heavy atom. The first-order valence-electron chi connectivity index (χ1n) is 16.2. The van der Waals surface area contributed by atoms with Crippen LogP contribution in [0.2, 0.25) is 6.55 Å². The van der Waals surface area contributed by atoms with Gasteiger partial charge in [-0.15, -0.1) is 0 Å². The van der Waals surface area contributed by atoms with Gasteiger partial charge in [0.1, 0.15) is 0 Å². The summed E-state index contributed by atoms with van der Waals surface area (Å²) in [6.07, 6.45) is 4.19. The van der Waals surface area contributed by atoms with E-state index in [0.717, 1.165) is 44.9 Å². The number of rotatable bonds is 25. The summed E-state index contributed by atoms with van der Waals surface area (Å²) < 4.78 is 60.3. The van der Waals surface area contributed by atoms with Crippen molar-refractivity contribution in [3.05, 3.63) is 0 Å². The molecule has 0 fully saturated rings. The molecule has 0 bridgehead atoms. The van der Waals surface area contributed by atoms with Gasteiger partial charge in [-0.25, -0.2) is 0 Å². The quantitative estimate of drug-likeness (QED) is 0.0916. The van der Waals surface area contributed by atoms with E-state index in [0.29, 0.717) is 0 Å². The molecular weight excluding hydrogens is 577 g/mol. The Kier molecular flexibility index (Phi) is 20.5. The van der Waals surface area contributed by atoms with Crippen LogP contribution in [0.4, 0.5) is 0 Å². The van der Waals surface area contributed by atoms with Crippen molar-refractivity contribution in [2.24, 2.45) is 0 Å². The van der Waals surface area contributed by atoms with Gasteiger partial charge in [0.2, 0.25) is 0 Å². The molecule has 0 heterocycles. The van der Waals surface area contributed by atoms with Crippen LogP contribution in [0.5, 0.6) is 0 Å². The molecule has 0 N–H and O–H groups in total. The molecule has 41 heavy (non-hydrogen) atoms. The van der Waals surface area contributed by atoms with Crippen molar-refractivity contribution in [3.8, 4) is 0 Å². The van der Waals surface area contributed by atoms with Crippen LogP contribution in [0.25, 0.3) is 0 Å². The number of hydrogen-bond acceptors (Lipinski definition) is 9. The largest absolute Gasteiger partial charge is 0.672 e. The van der Waals surface area contributed by atoms with Crippen LogP contribution in [-0.2, 0) is 39.2 Å². The molecule has 0 aromatic heterocycles. The second kappa shape index (κ2) is 20.3. The minimum absolute atomic E-state index is 0.164. The first kappa shape index (κ1) is 41.3. The lowest BCUT2D eigenvalue weighted by molar-refractivity contribution is -0.0948. The maximum absolute atomic E-state index is 6.98. The second-order valence-electron chi connectivity index (χ2n) is 11.4. The van der Waals surface area contributed by atoms with Crippen LogP contribution >= 0.6 is 0 Å². The van der Waals surface area contributed by atoms with Gasteiger partial charge >= 0.3 is 26.9 Å². The fourth-order valence-electron chi connectivity index (χ4n) is 3.26. The van der Waals surface area contributed by atoms with Gasteiger partial charge in [-0.1, -0.05) is 48.5 Å². The van der Waals surface area contributed by atoms with E-state index in [1.807, 2.05) is 55.0 Å². The van der Waals surface area contributed by atoms with Crippen LogP contribution in [0.15, 0.2) is 0 Å². The van der Waals surface area contributed by atoms with Gasteiger partial charge in [0.05, 0.1) is 0 Å². The van der Waals surface area contributed by atoms with Gasteiger partial charge in [-0.2, -0.15) is 0 Å². The van der Waals surface area contributed by atoms with Crippen LogP contribution in [-0.4, -0.2) is 69.6 Å². The van der Waals surface area contributed by atoms with Crippen molar-refractivity contribution < 1.29 is 39.2 Å². The standard InChI is InChI=1S/C29H66O9Si3/c1-16-23(8)30-39(15,37-40(31-24(9)17-2,32-25(10)18-3)33-26(11)19-4)38-41(34-27(12)20-5,35-28(13)21-6)36-29(14)22-7/h23-29H,16-22H2,1-15H3. The summed E-state index contributed by atoms with van der Waals surface area (Å²) in [5.41, 5.74) is 0. The first-order valence-corrected chi connectivity index (χ1v) is 21.7. The molecule has 0 aliphatic carbocycles. The molecule has 0 radical (unpaired) electrons. The Hall–Kier alpha value is 0.291. The van der Waals surface area contributed by atoms with E-state index < -0.39 is 26.9 Å². The summed E-state index contributed by atoms with van der Waals surface area (Å²) in [7, 11) is -11.4. The maximum Gasteiger partial charge on any atom is 0.672 e. The van der Waals surface area contributed by atoms with E-state index in [9.17, 15) is 0 Å². The van der Waals surface area contributed by atoms with Crippen molar-refractivity contribution in [2.75, 3.05) is 0 Å². The molecule has 9 nitrogen and oxygen atoms in total. The molecule has 7 atom stereocenters. The van der Waals surface area contributed by atoms with Crippen LogP contribution in [0, 0.1) is 0 Å². The average molecular weight is 643 g/mol. The van der Waals surface area contributed by atoms with Gasteiger partial charge in [-0.3, -0.25) is 0 Å². The highest BCUT2D eigenvalue weighted by Gasteiger charge is 2.63. The van der Waals surface area contributed by atoms with Crippen LogP contribution < -0.4 is 0 Å². The zero-order valence-electron chi connectivity index (χ0n) is 29.2. The number of hydrogen-bond donors (Lipinski definition) is 0. The first-order chi connectivity index (χ1) is 19.1. The normalized spacial score (nSPS) is 22.0. The van der Waals surface area contributed by atoms with E-state index in [2.05, 4.69) is 48.5 Å². The smallest absolute Gasteiger partial charge is 0.372 e. The fraction of sp³-hybridized carbons (Fsp3) is 1.00. The predicted molar refractivity (Wildman–Crippen MR) is 171 cm³/mol. The molecule has 0 saturated carbocycles. The Morgan fingerprint density at radius 1 is 0.341 bits per heavy atom. The molecule has 7 unspecified atom stereocenters. The maximum atomic E-state index is 6.98. The lowest BCUT2D eigenvalue weighted by atomic mass is 10.3. The monoisotopic (exact) mass is 642 g/mol. The summed E-state index contributed by atoms with van der Waals surface area (Å²) in [5.74, 6) is 0. The molecular formula is C29H66O9Si3. The van der Waals surface area contributed by atoms with Crippen molar-refractivity contribution in [1.82, 2.24) is 0 Å². The Labute approximate surface area is 256 Å². The van der Waals surface area contributed by atoms with E-state index in [1.54, 1.807) is 0 Å². The van der Waals surface area contributed by atoms with Crippen molar-refractivity contribution in [3.63, 3.8) is 0 Å². The van der Waals surface area contributed by atoms with E-state index in [-0.39, 0.29) is 42.7 Å². The van der Waals surface area contributed by atoms with Gasteiger partial charge in [-0.05, 0) is 93.4 Å². The van der Waals surface area contributed by atoms with Crippen molar-refractivity contribution in [2.45, 2.75) is 191 Å². The van der Waals surface area contributed by atoms with Gasteiger partial charge in [0.25, 0.3) is 0 Å². The zero-order valence-corrected chi connectivity index (χ0v) is 32.2. The highest BCUT2D eigenvalue weighted by Crippen LogP contribution is 2.32. The molecule has 0 aliphatic rings. The summed E-state index contributed by atoms with van der Waals surface area (Å²) in [5, 5.41) is 0. The summed E-state index contributed by atoms with van der Waals surface area (Å²) >= 11 is 0. The molecule has 0 spiro atoms. The van der Waals surface area contributed by atoms with E-state index in [1.165, 1.54) is 0 Å². The minimum atomic E-state index is -3.84. The SMILES string of the molecule is CCC(C)O[Si](C)(O[Si](OC(C)CC)(OC(C)CC)OC(C)CC)O[Si](OC(C)CC)(OC(C)CC)OC(C)CC. The molecule has 0 saturated heterocycles. The Morgan fingerprint density at radius 3 is 0.683 bits per heavy atom. The third-order valence-corrected chi connectivity index (χ3v) is 17.1. The second-order valence-corrected chi connectivity index (χ2v) is 18.4. The van der Waals surface area contributed by atoms with Crippen molar-refractivity contribution >= 4 is 26.9 Å². The fourth-order valence-corrected chi connectivity index (χ4v) is 14.2. The Bertz CT molecular complexity index is 567. The third kappa shape index (κ3) is 15.7. The lowest BCUT2D eigenvalue weighted by Crippen LogP contribution is -2.67. The minimum Gasteiger partial charge on any atom is -0.372 e. The molecule has 248 valence electrons. The third-order valence-electron chi connectivity index (χ3n) is 7.13. The molecule has 0 aromatic carbocycles. The van der Waals surface area contributed by atoms with Crippen LogP contribution in [0.1, 0.15) is 142 Å². The van der Waals surface area contributed by atoms with Gasteiger partial charge < -0.3 is 39.2 Å². The topological polar surface area (TPSA) is 83.1 Å². The predicted octanol–water partition coefficient (Wildman–Crippen LogP) is 8.17. The molecule has 12 heteroatoms. The van der Waals surface area contributed by atoms with Crippen molar-refractivity contribution in [1.29, 1.82) is 0 Å². The molecule has 0 aliphatic heterocycles. The van der Waals surface area contributed by atoms with E-state index >= 15 is 0 Å². The lowest BCUT2D eigenvalue weighted by Gasteiger charge is -2.43. The summed E-state index contributed by atoms with van der Waals surface area (Å²) in [4.78, 5) is 0. The molecule has 0 rings (SSSR count). The van der Waals surface area contributed by atoms with E-state index in [4.69, 9.17) is 39.2 Å². The summed E-state index contributed by atoms with van der Waals surface area (Å²) in [6, 6.07) is 0. The molecule has 0 aromatic rings. The highest BCUT2D eigenvalue weighted by atomic mass is 28.5. The zero-order chi connectivity index (χ0) is 31.9. The van der Waals surface area contributed by atoms with Crippen LogP contribution in [0.3, 0.4) is 0 Å². The highest BCUT2D eigenvalue weighted by molar-refractivity contribution is 6.77. The van der Waals surface area contributed by atoms with Gasteiger partial charge in [0, 0.05) is 49.3 Å². The molecule has 0 amide bonds. The van der Waals surface area contributed by atoms with Gasteiger partial charge in [0.15, 0.2) is 0 Å².